The highest BCUT2D eigenvalue weighted by Crippen LogP contribution is 2.17. The summed E-state index contributed by atoms with van der Waals surface area (Å²) in [5.41, 5.74) is 2.12. The van der Waals surface area contributed by atoms with Crippen LogP contribution < -0.4 is 5.32 Å². The molecule has 0 radical (unpaired) electrons. The quantitative estimate of drug-likeness (QED) is 0.857. The summed E-state index contributed by atoms with van der Waals surface area (Å²) >= 11 is 0. The molecule has 0 atom stereocenters. The second kappa shape index (κ2) is 4.14. The highest BCUT2D eigenvalue weighted by Gasteiger charge is 2.06. The number of anilines is 1. The van der Waals surface area contributed by atoms with E-state index in [-0.39, 0.29) is 5.82 Å². The highest BCUT2D eigenvalue weighted by atomic mass is 19.1. The number of hydrogen-bond donors (Lipinski definition) is 1. The van der Waals surface area contributed by atoms with Crippen molar-refractivity contribution in [2.24, 2.45) is 0 Å². The summed E-state index contributed by atoms with van der Waals surface area (Å²) in [6.45, 7) is 3.66. The molecule has 4 nitrogen and oxygen atoms in total. The molecule has 2 rings (SSSR count). The fourth-order valence-electron chi connectivity index (χ4n) is 1.39. The number of rotatable bonds is 3. The van der Waals surface area contributed by atoms with Crippen molar-refractivity contribution in [2.45, 2.75) is 0 Å². The number of nitrogens with one attached hydrogen (secondary N) is 1. The first kappa shape index (κ1) is 10.4. The Kier molecular flexibility index (Phi) is 2.68. The summed E-state index contributed by atoms with van der Waals surface area (Å²) in [5, 5.41) is 7.22. The molecule has 0 aliphatic carbocycles. The van der Waals surface area contributed by atoms with Crippen LogP contribution >= 0.6 is 0 Å². The van der Waals surface area contributed by atoms with Gasteiger partial charge in [-0.1, -0.05) is 6.58 Å². The fraction of sp³-hybridized carbons (Fsp3) is 0.0909. The number of aromatic nitrogens is 3. The molecule has 0 bridgehead atoms. The second-order valence-corrected chi connectivity index (χ2v) is 3.19. The molecule has 0 unspecified atom stereocenters. The minimum Gasteiger partial charge on any atom is -0.385 e. The predicted octanol–water partition coefficient (Wildman–Crippen LogP) is 2.09. The van der Waals surface area contributed by atoms with Crippen molar-refractivity contribution in [2.75, 3.05) is 12.4 Å². The van der Waals surface area contributed by atoms with Gasteiger partial charge in [-0.2, -0.15) is 5.10 Å². The average molecular weight is 218 g/mol. The van der Waals surface area contributed by atoms with Gasteiger partial charge < -0.3 is 5.32 Å². The van der Waals surface area contributed by atoms with Crippen LogP contribution in [0.1, 0.15) is 5.69 Å². The maximum absolute atomic E-state index is 13.0. The van der Waals surface area contributed by atoms with Crippen LogP contribution in [-0.4, -0.2) is 21.8 Å². The first-order chi connectivity index (χ1) is 7.74. The molecule has 2 aromatic heterocycles. The SMILES string of the molecule is C=Cc1nn(-c2cncc(F)c2)cc1NC. The van der Waals surface area contributed by atoms with Crippen molar-refractivity contribution in [3.8, 4) is 5.69 Å². The zero-order valence-corrected chi connectivity index (χ0v) is 8.81. The van der Waals surface area contributed by atoms with E-state index in [9.17, 15) is 4.39 Å². The molecule has 0 aromatic carbocycles. The molecule has 5 heteroatoms. The highest BCUT2D eigenvalue weighted by molar-refractivity contribution is 5.61. The molecule has 16 heavy (non-hydrogen) atoms. The van der Waals surface area contributed by atoms with Gasteiger partial charge in [0.05, 0.1) is 30.0 Å². The molecule has 0 saturated carbocycles. The van der Waals surface area contributed by atoms with E-state index in [1.54, 1.807) is 30.2 Å². The van der Waals surface area contributed by atoms with Crippen LogP contribution in [0.4, 0.5) is 10.1 Å². The van der Waals surface area contributed by atoms with Gasteiger partial charge in [0.1, 0.15) is 11.5 Å². The maximum atomic E-state index is 13.0. The van der Waals surface area contributed by atoms with Crippen LogP contribution in [0.5, 0.6) is 0 Å². The zero-order chi connectivity index (χ0) is 11.5. The van der Waals surface area contributed by atoms with E-state index in [0.717, 1.165) is 11.9 Å². The van der Waals surface area contributed by atoms with E-state index < -0.39 is 0 Å². The van der Waals surface area contributed by atoms with Crippen molar-refractivity contribution < 1.29 is 4.39 Å². The third-order valence-electron chi connectivity index (χ3n) is 2.16. The minimum atomic E-state index is -0.390. The Morgan fingerprint density at radius 2 is 2.31 bits per heavy atom. The van der Waals surface area contributed by atoms with Crippen LogP contribution in [-0.2, 0) is 0 Å². The van der Waals surface area contributed by atoms with Crippen molar-refractivity contribution in [3.63, 3.8) is 0 Å². The molecule has 82 valence electrons. The molecule has 0 fully saturated rings. The van der Waals surface area contributed by atoms with Gasteiger partial charge in [-0.15, -0.1) is 0 Å². The van der Waals surface area contributed by atoms with Gasteiger partial charge in [0.25, 0.3) is 0 Å². The summed E-state index contributed by atoms with van der Waals surface area (Å²) in [6.07, 6.45) is 6.09. The van der Waals surface area contributed by atoms with E-state index in [0.29, 0.717) is 11.4 Å². The molecular formula is C11H11FN4. The normalized spacial score (nSPS) is 10.1. The lowest BCUT2D eigenvalue weighted by Gasteiger charge is -1.99. The van der Waals surface area contributed by atoms with Crippen LogP contribution in [0.3, 0.4) is 0 Å². The third kappa shape index (κ3) is 1.79. The third-order valence-corrected chi connectivity index (χ3v) is 2.16. The predicted molar refractivity (Wildman–Crippen MR) is 61.0 cm³/mol. The topological polar surface area (TPSA) is 42.7 Å². The lowest BCUT2D eigenvalue weighted by molar-refractivity contribution is 0.618. The van der Waals surface area contributed by atoms with E-state index >= 15 is 0 Å². The van der Waals surface area contributed by atoms with Crippen LogP contribution in [0.25, 0.3) is 11.8 Å². The standard InChI is InChI=1S/C11H11FN4/c1-3-10-11(13-2)7-16(15-10)9-4-8(12)5-14-6-9/h3-7,13H,1H2,2H3. The Balaban J connectivity index is 2.48. The zero-order valence-electron chi connectivity index (χ0n) is 8.81. The Morgan fingerprint density at radius 3 is 2.88 bits per heavy atom. The largest absolute Gasteiger partial charge is 0.385 e. The molecule has 0 spiro atoms. The lowest BCUT2D eigenvalue weighted by atomic mass is 10.3. The Bertz CT molecular complexity index is 518. The first-order valence-electron chi connectivity index (χ1n) is 4.75. The molecule has 2 heterocycles. The summed E-state index contributed by atoms with van der Waals surface area (Å²) in [6, 6.07) is 1.37. The minimum absolute atomic E-state index is 0.390. The van der Waals surface area contributed by atoms with E-state index in [1.165, 1.54) is 6.07 Å². The van der Waals surface area contributed by atoms with Gasteiger partial charge in [0.2, 0.25) is 0 Å². The van der Waals surface area contributed by atoms with Gasteiger partial charge in [0, 0.05) is 13.1 Å². The van der Waals surface area contributed by atoms with Gasteiger partial charge in [-0.25, -0.2) is 9.07 Å². The summed E-state index contributed by atoms with van der Waals surface area (Å²) in [4.78, 5) is 3.77. The van der Waals surface area contributed by atoms with Crippen LogP contribution in [0.15, 0.2) is 31.2 Å². The summed E-state index contributed by atoms with van der Waals surface area (Å²) in [7, 11) is 1.79. The second-order valence-electron chi connectivity index (χ2n) is 3.19. The Hall–Kier alpha value is -2.17. The van der Waals surface area contributed by atoms with Crippen molar-refractivity contribution >= 4 is 11.8 Å². The molecule has 0 aliphatic rings. The van der Waals surface area contributed by atoms with Crippen LogP contribution in [0.2, 0.25) is 0 Å². The number of nitrogens with zero attached hydrogens (tertiary/aromatic N) is 3. The maximum Gasteiger partial charge on any atom is 0.143 e. The Morgan fingerprint density at radius 1 is 1.50 bits per heavy atom. The Labute approximate surface area is 92.4 Å². The monoisotopic (exact) mass is 218 g/mol. The van der Waals surface area contributed by atoms with Crippen molar-refractivity contribution in [1.29, 1.82) is 0 Å². The van der Waals surface area contributed by atoms with Gasteiger partial charge in [0.15, 0.2) is 0 Å². The van der Waals surface area contributed by atoms with E-state index in [4.69, 9.17) is 0 Å². The van der Waals surface area contributed by atoms with Crippen molar-refractivity contribution in [1.82, 2.24) is 14.8 Å². The van der Waals surface area contributed by atoms with Gasteiger partial charge in [-0.05, 0) is 6.08 Å². The average Bonchev–Trinajstić information content (AvgIpc) is 2.72. The summed E-state index contributed by atoms with van der Waals surface area (Å²) < 4.78 is 14.5. The molecular weight excluding hydrogens is 207 g/mol. The first-order valence-corrected chi connectivity index (χ1v) is 4.75. The number of halogens is 1. The molecule has 0 amide bonds. The fourth-order valence-corrected chi connectivity index (χ4v) is 1.39. The van der Waals surface area contributed by atoms with Gasteiger partial charge in [-0.3, -0.25) is 4.98 Å². The van der Waals surface area contributed by atoms with E-state index in [1.807, 2.05) is 0 Å². The lowest BCUT2D eigenvalue weighted by Crippen LogP contribution is -1.96. The molecule has 0 saturated heterocycles. The van der Waals surface area contributed by atoms with Gasteiger partial charge >= 0.3 is 0 Å². The summed E-state index contributed by atoms with van der Waals surface area (Å²) in [5.74, 6) is -0.390. The number of pyridine rings is 1. The number of hydrogen-bond acceptors (Lipinski definition) is 3. The molecule has 2 aromatic rings. The smallest absolute Gasteiger partial charge is 0.143 e. The van der Waals surface area contributed by atoms with Crippen molar-refractivity contribution in [3.05, 3.63) is 42.7 Å². The van der Waals surface area contributed by atoms with Crippen LogP contribution in [0, 0.1) is 5.82 Å². The molecule has 1 N–H and O–H groups in total. The molecule has 0 aliphatic heterocycles. The van der Waals surface area contributed by atoms with E-state index in [2.05, 4.69) is 22.0 Å².